The maximum Gasteiger partial charge on any atom is 0.0545 e. The molecule has 16 heavy (non-hydrogen) atoms. The zero-order valence-corrected chi connectivity index (χ0v) is 10.7. The number of hydrogen-bond donors (Lipinski definition) is 1. The monoisotopic (exact) mass is 236 g/mol. The van der Waals surface area contributed by atoms with Crippen molar-refractivity contribution in [1.29, 1.82) is 0 Å². The van der Waals surface area contributed by atoms with E-state index in [9.17, 15) is 0 Å². The van der Waals surface area contributed by atoms with Gasteiger partial charge >= 0.3 is 0 Å². The van der Waals surface area contributed by atoms with E-state index in [-0.39, 0.29) is 0 Å². The first-order valence-electron chi connectivity index (χ1n) is 5.73. The van der Waals surface area contributed by atoms with E-state index in [0.717, 1.165) is 31.1 Å². The quantitative estimate of drug-likeness (QED) is 0.551. The van der Waals surface area contributed by atoms with Gasteiger partial charge in [0.25, 0.3) is 0 Å². The van der Waals surface area contributed by atoms with Gasteiger partial charge in [-0.1, -0.05) is 12.8 Å². The smallest absolute Gasteiger partial charge is 0.0545 e. The number of aryl methyl sites for hydroxylation is 1. The van der Waals surface area contributed by atoms with Crippen molar-refractivity contribution in [2.45, 2.75) is 26.4 Å². The van der Waals surface area contributed by atoms with Crippen LogP contribution in [-0.2, 0) is 13.1 Å². The van der Waals surface area contributed by atoms with Crippen LogP contribution in [0.25, 0.3) is 0 Å². The van der Waals surface area contributed by atoms with Crippen LogP contribution >= 0.6 is 11.8 Å². The minimum atomic E-state index is 0.814. The van der Waals surface area contributed by atoms with Gasteiger partial charge in [0.05, 0.1) is 5.75 Å². The summed E-state index contributed by atoms with van der Waals surface area (Å²) in [6.07, 6.45) is 10.7. The fourth-order valence-corrected chi connectivity index (χ4v) is 2.05. The van der Waals surface area contributed by atoms with Crippen LogP contribution in [0.1, 0.15) is 18.9 Å². The summed E-state index contributed by atoms with van der Waals surface area (Å²) in [4.78, 5) is 0. The Kier molecular flexibility index (Phi) is 6.87. The van der Waals surface area contributed by atoms with Crippen LogP contribution in [0, 0.1) is 12.3 Å². The second-order valence-corrected chi connectivity index (χ2v) is 4.80. The van der Waals surface area contributed by atoms with Crippen molar-refractivity contribution in [1.82, 2.24) is 9.88 Å². The highest BCUT2D eigenvalue weighted by atomic mass is 32.2. The summed E-state index contributed by atoms with van der Waals surface area (Å²) in [5, 5.41) is 3.41. The molecule has 0 atom stereocenters. The Hall–Kier alpha value is -0.850. The molecule has 1 heterocycles. The van der Waals surface area contributed by atoms with E-state index < -0.39 is 0 Å². The van der Waals surface area contributed by atoms with E-state index in [1.165, 1.54) is 12.0 Å². The Labute approximate surface area is 103 Å². The molecule has 88 valence electrons. The maximum atomic E-state index is 5.17. The third kappa shape index (κ3) is 5.29. The average Bonchev–Trinajstić information content (AvgIpc) is 2.72. The number of nitrogens with one attached hydrogen (secondary N) is 1. The summed E-state index contributed by atoms with van der Waals surface area (Å²) in [6.45, 7) is 5.28. The van der Waals surface area contributed by atoms with Crippen LogP contribution in [-0.4, -0.2) is 22.6 Å². The van der Waals surface area contributed by atoms with Crippen LogP contribution < -0.4 is 5.32 Å². The lowest BCUT2D eigenvalue weighted by atomic mass is 10.3. The Balaban J connectivity index is 2.10. The zero-order valence-electron chi connectivity index (χ0n) is 9.91. The minimum Gasteiger partial charge on any atom is -0.354 e. The van der Waals surface area contributed by atoms with Crippen molar-refractivity contribution < 1.29 is 0 Å². The Morgan fingerprint density at radius 2 is 2.44 bits per heavy atom. The molecule has 0 amide bonds. The summed E-state index contributed by atoms with van der Waals surface area (Å²) in [5.41, 5.74) is 1.36. The molecule has 0 bridgehead atoms. The predicted molar refractivity (Wildman–Crippen MR) is 72.6 cm³/mol. The summed E-state index contributed by atoms with van der Waals surface area (Å²) >= 11 is 1.80. The first-order chi connectivity index (χ1) is 7.86. The SMILES string of the molecule is C#CCSCCNCc1ccn(CCC)c1. The van der Waals surface area contributed by atoms with Crippen LogP contribution in [0.2, 0.25) is 0 Å². The largest absolute Gasteiger partial charge is 0.354 e. The number of terminal acetylenes is 1. The van der Waals surface area contributed by atoms with E-state index in [2.05, 4.69) is 41.2 Å². The molecule has 0 aliphatic rings. The first-order valence-corrected chi connectivity index (χ1v) is 6.89. The summed E-state index contributed by atoms with van der Waals surface area (Å²) in [6, 6.07) is 2.18. The van der Waals surface area contributed by atoms with E-state index in [1.807, 2.05) is 0 Å². The van der Waals surface area contributed by atoms with Crippen molar-refractivity contribution >= 4 is 11.8 Å². The molecule has 0 aromatic carbocycles. The lowest BCUT2D eigenvalue weighted by molar-refractivity contribution is 0.675. The van der Waals surface area contributed by atoms with Gasteiger partial charge < -0.3 is 9.88 Å². The Bertz CT molecular complexity index is 325. The molecule has 1 aromatic heterocycles. The third-order valence-corrected chi connectivity index (χ3v) is 3.09. The topological polar surface area (TPSA) is 17.0 Å². The van der Waals surface area contributed by atoms with Crippen molar-refractivity contribution in [2.24, 2.45) is 0 Å². The van der Waals surface area contributed by atoms with Crippen LogP contribution in [0.5, 0.6) is 0 Å². The molecule has 0 saturated heterocycles. The molecule has 0 unspecified atom stereocenters. The zero-order chi connectivity index (χ0) is 11.6. The Morgan fingerprint density at radius 3 is 3.19 bits per heavy atom. The highest BCUT2D eigenvalue weighted by molar-refractivity contribution is 7.99. The summed E-state index contributed by atoms with van der Waals surface area (Å²) in [5.74, 6) is 4.52. The number of hydrogen-bond acceptors (Lipinski definition) is 2. The molecule has 0 aliphatic carbocycles. The van der Waals surface area contributed by atoms with E-state index >= 15 is 0 Å². The van der Waals surface area contributed by atoms with Gasteiger partial charge in [-0.05, 0) is 18.1 Å². The molecule has 0 fully saturated rings. The molecular weight excluding hydrogens is 216 g/mol. The highest BCUT2D eigenvalue weighted by Gasteiger charge is 1.95. The van der Waals surface area contributed by atoms with Gasteiger partial charge in [0.15, 0.2) is 0 Å². The number of nitrogens with zero attached hydrogens (tertiary/aromatic N) is 1. The maximum absolute atomic E-state index is 5.17. The highest BCUT2D eigenvalue weighted by Crippen LogP contribution is 2.02. The second-order valence-electron chi connectivity index (χ2n) is 3.69. The fourth-order valence-electron chi connectivity index (χ4n) is 1.50. The van der Waals surface area contributed by atoms with Gasteiger partial charge in [-0.15, -0.1) is 18.2 Å². The normalized spacial score (nSPS) is 10.2. The van der Waals surface area contributed by atoms with Gasteiger partial charge in [-0.3, -0.25) is 0 Å². The number of thioether (sulfide) groups is 1. The summed E-state index contributed by atoms with van der Waals surface area (Å²) < 4.78 is 2.24. The van der Waals surface area contributed by atoms with Crippen molar-refractivity contribution in [2.75, 3.05) is 18.1 Å². The number of rotatable bonds is 8. The molecule has 1 N–H and O–H groups in total. The fraction of sp³-hybridized carbons (Fsp3) is 0.538. The molecule has 1 aromatic rings. The van der Waals surface area contributed by atoms with Gasteiger partial charge in [-0.25, -0.2) is 0 Å². The van der Waals surface area contributed by atoms with Gasteiger partial charge in [0, 0.05) is 37.8 Å². The van der Waals surface area contributed by atoms with Gasteiger partial charge in [0.2, 0.25) is 0 Å². The summed E-state index contributed by atoms with van der Waals surface area (Å²) in [7, 11) is 0. The number of aromatic nitrogens is 1. The van der Waals surface area contributed by atoms with Crippen molar-refractivity contribution in [3.63, 3.8) is 0 Å². The average molecular weight is 236 g/mol. The molecule has 3 heteroatoms. The molecule has 2 nitrogen and oxygen atoms in total. The Morgan fingerprint density at radius 1 is 1.56 bits per heavy atom. The van der Waals surface area contributed by atoms with Gasteiger partial charge in [-0.2, -0.15) is 0 Å². The second kappa shape index (κ2) is 8.32. The van der Waals surface area contributed by atoms with Gasteiger partial charge in [0.1, 0.15) is 0 Å². The van der Waals surface area contributed by atoms with Crippen LogP contribution in [0.4, 0.5) is 0 Å². The molecule has 0 aliphatic heterocycles. The third-order valence-electron chi connectivity index (χ3n) is 2.23. The molecular formula is C13H20N2S. The molecule has 0 radical (unpaired) electrons. The lowest BCUT2D eigenvalue weighted by Gasteiger charge is -2.02. The first kappa shape index (κ1) is 13.2. The van der Waals surface area contributed by atoms with Crippen molar-refractivity contribution in [3.8, 4) is 12.3 Å². The minimum absolute atomic E-state index is 0.814. The molecule has 1 rings (SSSR count). The van der Waals surface area contributed by atoms with Crippen molar-refractivity contribution in [3.05, 3.63) is 24.0 Å². The molecule has 0 spiro atoms. The predicted octanol–water partition coefficient (Wildman–Crippen LogP) is 2.35. The van der Waals surface area contributed by atoms with E-state index in [0.29, 0.717) is 0 Å². The standard InChI is InChI=1S/C13H20N2S/c1-3-7-15-8-5-13(12-15)11-14-6-10-16-9-4-2/h2,5,8,12,14H,3,6-7,9-11H2,1H3. The van der Waals surface area contributed by atoms with Crippen LogP contribution in [0.15, 0.2) is 18.5 Å². The van der Waals surface area contributed by atoms with E-state index in [1.54, 1.807) is 11.8 Å². The molecule has 0 saturated carbocycles. The van der Waals surface area contributed by atoms with E-state index in [4.69, 9.17) is 6.42 Å². The van der Waals surface area contributed by atoms with Crippen LogP contribution in [0.3, 0.4) is 0 Å². The lowest BCUT2D eigenvalue weighted by Crippen LogP contribution is -2.16.